The molecule has 2 rings (SSSR count). The zero-order chi connectivity index (χ0) is 8.81. The molecule has 0 spiro atoms. The summed E-state index contributed by atoms with van der Waals surface area (Å²) < 4.78 is 0. The van der Waals surface area contributed by atoms with Crippen LogP contribution in [0.4, 0.5) is 5.00 Å². The molecule has 0 bridgehead atoms. The van der Waals surface area contributed by atoms with Gasteiger partial charge in [-0.25, -0.2) is 0 Å². The van der Waals surface area contributed by atoms with Crippen molar-refractivity contribution in [3.63, 3.8) is 0 Å². The third-order valence-electron chi connectivity index (χ3n) is 1.92. The highest BCUT2D eigenvalue weighted by atomic mass is 32.1. The molecule has 0 radical (unpaired) electrons. The van der Waals surface area contributed by atoms with Crippen molar-refractivity contribution in [2.24, 2.45) is 0 Å². The van der Waals surface area contributed by atoms with E-state index in [2.05, 4.69) is 35.0 Å². The van der Waals surface area contributed by atoms with Crippen LogP contribution in [0.1, 0.15) is 12.8 Å². The van der Waals surface area contributed by atoms with Gasteiger partial charge in [0.15, 0.2) is 0 Å². The number of rotatable bonds is 1. The lowest BCUT2D eigenvalue weighted by Gasteiger charge is -2.13. The maximum Gasteiger partial charge on any atom is 0.0908 e. The van der Waals surface area contributed by atoms with Crippen molar-refractivity contribution in [1.82, 2.24) is 0 Å². The van der Waals surface area contributed by atoms with Gasteiger partial charge < -0.3 is 4.90 Å². The Kier molecular flexibility index (Phi) is 4.54. The molecule has 0 aliphatic carbocycles. The van der Waals surface area contributed by atoms with Crippen molar-refractivity contribution in [3.8, 4) is 0 Å². The van der Waals surface area contributed by atoms with Gasteiger partial charge >= 0.3 is 0 Å². The topological polar surface area (TPSA) is 3.24 Å². The van der Waals surface area contributed by atoms with Gasteiger partial charge in [-0.2, -0.15) is 12.6 Å². The molecule has 1 aliphatic rings. The third-order valence-corrected chi connectivity index (χ3v) is 2.85. The highest BCUT2D eigenvalue weighted by Crippen LogP contribution is 2.24. The largest absolute Gasteiger partial charge is 0.363 e. The second-order valence-corrected chi connectivity index (χ2v) is 3.57. The molecule has 0 aromatic carbocycles. The van der Waals surface area contributed by atoms with E-state index in [4.69, 9.17) is 0 Å². The molecule has 0 unspecified atom stereocenters. The lowest BCUT2D eigenvalue weighted by molar-refractivity contribution is 0.949. The summed E-state index contributed by atoms with van der Waals surface area (Å²) in [6.07, 6.45) is 4.44. The second-order valence-electron chi connectivity index (χ2n) is 2.65. The van der Waals surface area contributed by atoms with E-state index in [1.807, 2.05) is 11.3 Å². The molecule has 1 aromatic rings. The maximum absolute atomic E-state index is 3.53. The quantitative estimate of drug-likeness (QED) is 0.684. The first kappa shape index (κ1) is 9.93. The second kappa shape index (κ2) is 5.49. The number of nitrogens with zero attached hydrogens (tertiary/aromatic N) is 1. The fourth-order valence-corrected chi connectivity index (χ4v) is 2.17. The van der Waals surface area contributed by atoms with E-state index >= 15 is 0 Å². The SMILES string of the molecule is CS.c1csc(N2CCCC2)c1. The van der Waals surface area contributed by atoms with Crippen LogP contribution in [0.25, 0.3) is 0 Å². The Bertz CT molecular complexity index is 190. The summed E-state index contributed by atoms with van der Waals surface area (Å²) in [5.41, 5.74) is 0. The number of thiophene rings is 1. The summed E-state index contributed by atoms with van der Waals surface area (Å²) in [6.45, 7) is 2.53. The molecular weight excluding hydrogens is 186 g/mol. The minimum Gasteiger partial charge on any atom is -0.363 e. The van der Waals surface area contributed by atoms with Crippen molar-refractivity contribution in [1.29, 1.82) is 0 Å². The van der Waals surface area contributed by atoms with Gasteiger partial charge in [0.2, 0.25) is 0 Å². The van der Waals surface area contributed by atoms with Gasteiger partial charge in [-0.05, 0) is 36.6 Å². The Labute approximate surface area is 83.8 Å². The standard InChI is InChI=1S/C8H11NS.CH4S/c1-2-6-9(5-1)8-4-3-7-10-8;1-2/h3-4,7H,1-2,5-6H2;2H,1H3. The average Bonchev–Trinajstić information content (AvgIpc) is 2.80. The van der Waals surface area contributed by atoms with Crippen molar-refractivity contribution >= 4 is 29.0 Å². The fraction of sp³-hybridized carbons (Fsp3) is 0.556. The normalized spacial score (nSPS) is 15.7. The van der Waals surface area contributed by atoms with Gasteiger partial charge in [0.1, 0.15) is 0 Å². The lowest BCUT2D eigenvalue weighted by atomic mass is 10.4. The highest BCUT2D eigenvalue weighted by molar-refractivity contribution is 7.79. The van der Waals surface area contributed by atoms with Crippen LogP contribution in [0.2, 0.25) is 0 Å². The minimum absolute atomic E-state index is 1.26. The first-order chi connectivity index (χ1) is 5.97. The van der Waals surface area contributed by atoms with E-state index in [1.165, 1.54) is 30.9 Å². The number of anilines is 1. The predicted octanol–water partition coefficient (Wildman–Crippen LogP) is 2.89. The first-order valence-corrected chi connectivity index (χ1v) is 5.97. The monoisotopic (exact) mass is 201 g/mol. The lowest BCUT2D eigenvalue weighted by Crippen LogP contribution is -2.15. The van der Waals surface area contributed by atoms with Crippen LogP contribution >= 0.6 is 24.0 Å². The molecule has 1 aromatic heterocycles. The van der Waals surface area contributed by atoms with Crippen LogP contribution in [-0.4, -0.2) is 19.3 Å². The van der Waals surface area contributed by atoms with Crippen LogP contribution in [0, 0.1) is 0 Å². The summed E-state index contributed by atoms with van der Waals surface area (Å²) in [5.74, 6) is 0. The molecular formula is C9H15NS2. The zero-order valence-corrected chi connectivity index (χ0v) is 9.07. The van der Waals surface area contributed by atoms with E-state index in [0.29, 0.717) is 0 Å². The van der Waals surface area contributed by atoms with Gasteiger partial charge in [0.05, 0.1) is 5.00 Å². The predicted molar refractivity (Wildman–Crippen MR) is 60.7 cm³/mol. The van der Waals surface area contributed by atoms with Gasteiger partial charge in [-0.1, -0.05) is 0 Å². The smallest absolute Gasteiger partial charge is 0.0908 e. The molecule has 1 saturated heterocycles. The molecule has 1 fully saturated rings. The summed E-state index contributed by atoms with van der Waals surface area (Å²) >= 11 is 5.37. The minimum atomic E-state index is 1.26. The molecule has 12 heavy (non-hydrogen) atoms. The summed E-state index contributed by atoms with van der Waals surface area (Å²) in [6, 6.07) is 4.33. The summed E-state index contributed by atoms with van der Waals surface area (Å²) in [7, 11) is 0. The van der Waals surface area contributed by atoms with Crippen LogP contribution < -0.4 is 4.90 Å². The van der Waals surface area contributed by atoms with Crippen LogP contribution in [0.15, 0.2) is 17.5 Å². The molecule has 0 atom stereocenters. The van der Waals surface area contributed by atoms with Crippen LogP contribution in [-0.2, 0) is 0 Å². The van der Waals surface area contributed by atoms with Crippen molar-refractivity contribution < 1.29 is 0 Å². The maximum atomic E-state index is 3.53. The van der Waals surface area contributed by atoms with E-state index in [9.17, 15) is 0 Å². The molecule has 0 N–H and O–H groups in total. The fourth-order valence-electron chi connectivity index (χ4n) is 1.39. The van der Waals surface area contributed by atoms with Gasteiger partial charge in [0, 0.05) is 13.1 Å². The molecule has 2 heterocycles. The molecule has 0 amide bonds. The number of thiol groups is 1. The van der Waals surface area contributed by atoms with Crippen LogP contribution in [0.3, 0.4) is 0 Å². The van der Waals surface area contributed by atoms with Crippen LogP contribution in [0.5, 0.6) is 0 Å². The van der Waals surface area contributed by atoms with Gasteiger partial charge in [0.25, 0.3) is 0 Å². The third kappa shape index (κ3) is 2.42. The van der Waals surface area contributed by atoms with E-state index < -0.39 is 0 Å². The van der Waals surface area contributed by atoms with E-state index in [-0.39, 0.29) is 0 Å². The number of hydrogen-bond acceptors (Lipinski definition) is 3. The average molecular weight is 201 g/mol. The molecule has 0 saturated carbocycles. The Balaban J connectivity index is 0.000000336. The molecule has 1 aliphatic heterocycles. The van der Waals surface area contributed by atoms with Crippen molar-refractivity contribution in [2.45, 2.75) is 12.8 Å². The molecule has 3 heteroatoms. The first-order valence-electron chi connectivity index (χ1n) is 4.20. The summed E-state index contributed by atoms with van der Waals surface area (Å²) in [5, 5.41) is 3.59. The van der Waals surface area contributed by atoms with Crippen molar-refractivity contribution in [3.05, 3.63) is 17.5 Å². The van der Waals surface area contributed by atoms with E-state index in [1.54, 1.807) is 6.26 Å². The van der Waals surface area contributed by atoms with Gasteiger partial charge in [-0.15, -0.1) is 11.3 Å². The number of hydrogen-bond donors (Lipinski definition) is 1. The van der Waals surface area contributed by atoms with Gasteiger partial charge in [-0.3, -0.25) is 0 Å². The van der Waals surface area contributed by atoms with E-state index in [0.717, 1.165) is 0 Å². The Hall–Kier alpha value is -0.150. The molecule has 1 nitrogen and oxygen atoms in total. The molecule has 68 valence electrons. The Morgan fingerprint density at radius 1 is 1.33 bits per heavy atom. The van der Waals surface area contributed by atoms with Crippen molar-refractivity contribution in [2.75, 3.05) is 24.2 Å². The zero-order valence-electron chi connectivity index (χ0n) is 7.36. The Morgan fingerprint density at radius 3 is 2.50 bits per heavy atom. The Morgan fingerprint density at radius 2 is 2.00 bits per heavy atom. The summed E-state index contributed by atoms with van der Waals surface area (Å²) in [4.78, 5) is 2.46. The highest BCUT2D eigenvalue weighted by Gasteiger charge is 2.11.